The number of hydrogen-bond acceptors (Lipinski definition) is 2. The average Bonchev–Trinajstić information content (AvgIpc) is 2.30. The molecule has 0 aromatic rings. The van der Waals surface area contributed by atoms with Crippen LogP contribution in [0.15, 0.2) is 0 Å². The maximum atomic E-state index is 11.7. The molecule has 0 unspecified atom stereocenters. The summed E-state index contributed by atoms with van der Waals surface area (Å²) in [5, 5.41) is 0. The van der Waals surface area contributed by atoms with Crippen LogP contribution < -0.4 is 0 Å². The van der Waals surface area contributed by atoms with Gasteiger partial charge in [0.25, 0.3) is 0 Å². The molecule has 0 radical (unpaired) electrons. The van der Waals surface area contributed by atoms with Crippen molar-refractivity contribution in [3.8, 4) is 0 Å². The maximum Gasteiger partial charge on any atom is 0.225 e. The van der Waals surface area contributed by atoms with Crippen molar-refractivity contribution in [2.75, 3.05) is 27.2 Å². The van der Waals surface area contributed by atoms with Gasteiger partial charge in [-0.2, -0.15) is 0 Å². The van der Waals surface area contributed by atoms with Gasteiger partial charge >= 0.3 is 0 Å². The Labute approximate surface area is 101 Å². The van der Waals surface area contributed by atoms with Crippen LogP contribution in [-0.2, 0) is 4.79 Å². The van der Waals surface area contributed by atoms with Gasteiger partial charge < -0.3 is 9.80 Å². The van der Waals surface area contributed by atoms with Gasteiger partial charge in [0.05, 0.1) is 0 Å². The van der Waals surface area contributed by atoms with Gasteiger partial charge in [0.15, 0.2) is 0 Å². The Hall–Kier alpha value is -0.570. The van der Waals surface area contributed by atoms with E-state index in [0.29, 0.717) is 11.9 Å². The number of likely N-dealkylation sites (tertiary alicyclic amines) is 1. The second-order valence-corrected chi connectivity index (χ2v) is 4.64. The third kappa shape index (κ3) is 4.52. The van der Waals surface area contributed by atoms with Crippen molar-refractivity contribution in [2.24, 2.45) is 5.92 Å². The van der Waals surface area contributed by atoms with Crippen LogP contribution in [0.25, 0.3) is 0 Å². The molecule has 1 rings (SSSR count). The molecule has 3 heteroatoms. The SMILES string of the molecule is CC.CC(C)N1CCC(C(=O)N(C)C)CC1. The molecule has 0 bridgehead atoms. The first-order chi connectivity index (χ1) is 7.52. The minimum absolute atomic E-state index is 0.264. The van der Waals surface area contributed by atoms with Gasteiger partial charge in [0, 0.05) is 26.1 Å². The quantitative estimate of drug-likeness (QED) is 0.723. The zero-order valence-electron chi connectivity index (χ0n) is 11.8. The smallest absolute Gasteiger partial charge is 0.225 e. The topological polar surface area (TPSA) is 23.6 Å². The summed E-state index contributed by atoms with van der Waals surface area (Å²) in [6, 6.07) is 0.616. The highest BCUT2D eigenvalue weighted by atomic mass is 16.2. The molecule has 1 fully saturated rings. The van der Waals surface area contributed by atoms with Crippen LogP contribution in [-0.4, -0.2) is 48.9 Å². The molecule has 0 saturated carbocycles. The van der Waals surface area contributed by atoms with Crippen LogP contribution in [0, 0.1) is 5.92 Å². The largest absolute Gasteiger partial charge is 0.349 e. The van der Waals surface area contributed by atoms with Crippen molar-refractivity contribution in [3.63, 3.8) is 0 Å². The molecule has 1 saturated heterocycles. The molecule has 1 aliphatic heterocycles. The third-order valence-electron chi connectivity index (χ3n) is 3.05. The highest BCUT2D eigenvalue weighted by Gasteiger charge is 2.26. The van der Waals surface area contributed by atoms with Crippen molar-refractivity contribution < 1.29 is 4.79 Å². The summed E-state index contributed by atoms with van der Waals surface area (Å²) in [5.41, 5.74) is 0. The van der Waals surface area contributed by atoms with E-state index in [4.69, 9.17) is 0 Å². The summed E-state index contributed by atoms with van der Waals surface area (Å²) in [6.45, 7) is 10.6. The van der Waals surface area contributed by atoms with E-state index in [1.54, 1.807) is 4.90 Å². The minimum atomic E-state index is 0.264. The zero-order valence-corrected chi connectivity index (χ0v) is 11.8. The molecule has 1 heterocycles. The van der Waals surface area contributed by atoms with Gasteiger partial charge in [-0.3, -0.25) is 4.79 Å². The van der Waals surface area contributed by atoms with Gasteiger partial charge in [0.1, 0.15) is 0 Å². The van der Waals surface area contributed by atoms with Gasteiger partial charge in [-0.15, -0.1) is 0 Å². The Kier molecular flexibility index (Phi) is 7.39. The van der Waals surface area contributed by atoms with Crippen molar-refractivity contribution in [1.82, 2.24) is 9.80 Å². The molecule has 0 aliphatic carbocycles. The first kappa shape index (κ1) is 15.4. The summed E-state index contributed by atoms with van der Waals surface area (Å²) in [4.78, 5) is 15.8. The van der Waals surface area contributed by atoms with E-state index in [0.717, 1.165) is 25.9 Å². The second-order valence-electron chi connectivity index (χ2n) is 4.64. The Morgan fingerprint density at radius 1 is 1.19 bits per heavy atom. The summed E-state index contributed by atoms with van der Waals surface area (Å²) >= 11 is 0. The lowest BCUT2D eigenvalue weighted by atomic mass is 9.95. The fraction of sp³-hybridized carbons (Fsp3) is 0.923. The molecule has 0 aromatic heterocycles. The van der Waals surface area contributed by atoms with Crippen molar-refractivity contribution in [1.29, 1.82) is 0 Å². The second kappa shape index (κ2) is 7.66. The number of rotatable bonds is 2. The standard InChI is InChI=1S/C11H22N2O.C2H6/c1-9(2)13-7-5-10(6-8-13)11(14)12(3)4;1-2/h9-10H,5-8H2,1-4H3;1-2H3. The monoisotopic (exact) mass is 228 g/mol. The van der Waals surface area contributed by atoms with Crippen molar-refractivity contribution in [2.45, 2.75) is 46.6 Å². The fourth-order valence-electron chi connectivity index (χ4n) is 2.03. The number of hydrogen-bond donors (Lipinski definition) is 0. The summed E-state index contributed by atoms with van der Waals surface area (Å²) < 4.78 is 0. The van der Waals surface area contributed by atoms with Crippen LogP contribution in [0.5, 0.6) is 0 Å². The molecular weight excluding hydrogens is 200 g/mol. The molecule has 0 atom stereocenters. The van der Waals surface area contributed by atoms with Crippen LogP contribution in [0.4, 0.5) is 0 Å². The Balaban J connectivity index is 0.00000106. The van der Waals surface area contributed by atoms with Gasteiger partial charge in [-0.1, -0.05) is 13.8 Å². The van der Waals surface area contributed by atoms with E-state index in [1.807, 2.05) is 27.9 Å². The van der Waals surface area contributed by atoms with Gasteiger partial charge in [-0.05, 0) is 39.8 Å². The Bertz CT molecular complexity index is 194. The van der Waals surface area contributed by atoms with Crippen LogP contribution in [0.3, 0.4) is 0 Å². The summed E-state index contributed by atoms with van der Waals surface area (Å²) in [7, 11) is 3.69. The van der Waals surface area contributed by atoms with E-state index < -0.39 is 0 Å². The third-order valence-corrected chi connectivity index (χ3v) is 3.05. The Morgan fingerprint density at radius 2 is 1.62 bits per heavy atom. The molecule has 0 spiro atoms. The van der Waals surface area contributed by atoms with E-state index in [9.17, 15) is 4.79 Å². The molecule has 3 nitrogen and oxygen atoms in total. The number of amides is 1. The summed E-state index contributed by atoms with van der Waals surface area (Å²) in [6.07, 6.45) is 2.05. The molecule has 1 amide bonds. The lowest BCUT2D eigenvalue weighted by Gasteiger charge is -2.34. The van der Waals surface area contributed by atoms with E-state index in [1.165, 1.54) is 0 Å². The predicted octanol–water partition coefficient (Wildman–Crippen LogP) is 2.22. The molecule has 96 valence electrons. The van der Waals surface area contributed by atoms with Crippen LogP contribution in [0.2, 0.25) is 0 Å². The average molecular weight is 228 g/mol. The zero-order chi connectivity index (χ0) is 12.7. The lowest BCUT2D eigenvalue weighted by Crippen LogP contribution is -2.42. The van der Waals surface area contributed by atoms with Crippen LogP contribution in [0.1, 0.15) is 40.5 Å². The highest BCUT2D eigenvalue weighted by molar-refractivity contribution is 5.78. The molecular formula is C13H28N2O. The summed E-state index contributed by atoms with van der Waals surface area (Å²) in [5.74, 6) is 0.563. The van der Waals surface area contributed by atoms with E-state index in [-0.39, 0.29) is 5.92 Å². The Morgan fingerprint density at radius 3 is 1.94 bits per heavy atom. The number of carbonyl (C=O) groups excluding carboxylic acids is 1. The van der Waals surface area contributed by atoms with Gasteiger partial charge in [-0.25, -0.2) is 0 Å². The fourth-order valence-corrected chi connectivity index (χ4v) is 2.03. The lowest BCUT2D eigenvalue weighted by molar-refractivity contribution is -0.134. The van der Waals surface area contributed by atoms with E-state index in [2.05, 4.69) is 18.7 Å². The van der Waals surface area contributed by atoms with Crippen molar-refractivity contribution in [3.05, 3.63) is 0 Å². The van der Waals surface area contributed by atoms with Gasteiger partial charge in [0.2, 0.25) is 5.91 Å². The first-order valence-electron chi connectivity index (χ1n) is 6.47. The molecule has 0 N–H and O–H groups in total. The maximum absolute atomic E-state index is 11.7. The number of nitrogens with zero attached hydrogens (tertiary/aromatic N) is 2. The number of piperidine rings is 1. The highest BCUT2D eigenvalue weighted by Crippen LogP contribution is 2.20. The minimum Gasteiger partial charge on any atom is -0.349 e. The molecule has 0 aromatic carbocycles. The predicted molar refractivity (Wildman–Crippen MR) is 69.5 cm³/mol. The van der Waals surface area contributed by atoms with E-state index >= 15 is 0 Å². The molecule has 16 heavy (non-hydrogen) atoms. The first-order valence-corrected chi connectivity index (χ1v) is 6.47. The van der Waals surface area contributed by atoms with Crippen molar-refractivity contribution >= 4 is 5.91 Å². The molecule has 1 aliphatic rings. The normalized spacial score (nSPS) is 17.9. The van der Waals surface area contributed by atoms with Crippen LogP contribution >= 0.6 is 0 Å². The number of carbonyl (C=O) groups is 1.